The minimum absolute atomic E-state index is 0.466. The molecule has 0 aliphatic carbocycles. The van der Waals surface area contributed by atoms with Crippen LogP contribution in [0, 0.1) is 5.92 Å². The van der Waals surface area contributed by atoms with Crippen LogP contribution in [0.25, 0.3) is 0 Å². The van der Waals surface area contributed by atoms with E-state index in [9.17, 15) is 0 Å². The summed E-state index contributed by atoms with van der Waals surface area (Å²) in [5, 5.41) is 0. The van der Waals surface area contributed by atoms with Crippen LogP contribution in [0.3, 0.4) is 0 Å². The third-order valence-electron chi connectivity index (χ3n) is 3.79. The molecule has 0 saturated carbocycles. The summed E-state index contributed by atoms with van der Waals surface area (Å²) in [6, 6.07) is 0. The lowest BCUT2D eigenvalue weighted by atomic mass is 9.88. The number of likely N-dealkylation sites (tertiary alicyclic amines) is 1. The standard InChI is InChI=1S/C12H26N2/c1-4-7-12(2)9-11(6-5-8-13)10-14(12)3/h11H,4-10,13H2,1-3H3. The first kappa shape index (κ1) is 12.0. The molecule has 1 rings (SSSR count). The van der Waals surface area contributed by atoms with Crippen molar-refractivity contribution < 1.29 is 0 Å². The van der Waals surface area contributed by atoms with Crippen LogP contribution < -0.4 is 5.73 Å². The largest absolute Gasteiger partial charge is 0.330 e. The lowest BCUT2D eigenvalue weighted by Crippen LogP contribution is -2.37. The minimum Gasteiger partial charge on any atom is -0.330 e. The molecule has 1 saturated heterocycles. The molecule has 0 aromatic rings. The molecule has 84 valence electrons. The Bertz CT molecular complexity index is 170. The molecule has 0 aromatic heterocycles. The van der Waals surface area contributed by atoms with E-state index in [0.29, 0.717) is 5.54 Å². The maximum atomic E-state index is 5.55. The van der Waals surface area contributed by atoms with Gasteiger partial charge in [-0.2, -0.15) is 0 Å². The normalized spacial score (nSPS) is 33.9. The number of hydrogen-bond donors (Lipinski definition) is 1. The third kappa shape index (κ3) is 2.71. The number of rotatable bonds is 5. The summed E-state index contributed by atoms with van der Waals surface area (Å²) < 4.78 is 0. The molecule has 0 aromatic carbocycles. The van der Waals surface area contributed by atoms with Crippen LogP contribution in [0.4, 0.5) is 0 Å². The highest BCUT2D eigenvalue weighted by Gasteiger charge is 2.38. The van der Waals surface area contributed by atoms with Gasteiger partial charge in [0.25, 0.3) is 0 Å². The topological polar surface area (TPSA) is 29.3 Å². The highest BCUT2D eigenvalue weighted by molar-refractivity contribution is 4.93. The first-order chi connectivity index (χ1) is 6.62. The molecular formula is C12H26N2. The van der Waals surface area contributed by atoms with Crippen molar-refractivity contribution in [1.82, 2.24) is 4.90 Å². The Balaban J connectivity index is 2.42. The second kappa shape index (κ2) is 5.13. The van der Waals surface area contributed by atoms with E-state index in [1.54, 1.807) is 0 Å². The van der Waals surface area contributed by atoms with Crippen molar-refractivity contribution in [2.24, 2.45) is 11.7 Å². The molecule has 0 bridgehead atoms. The van der Waals surface area contributed by atoms with Gasteiger partial charge in [0.1, 0.15) is 0 Å². The molecule has 1 heterocycles. The summed E-state index contributed by atoms with van der Waals surface area (Å²) in [5.41, 5.74) is 6.02. The van der Waals surface area contributed by atoms with E-state index >= 15 is 0 Å². The zero-order chi connectivity index (χ0) is 10.6. The third-order valence-corrected chi connectivity index (χ3v) is 3.79. The molecule has 2 N–H and O–H groups in total. The smallest absolute Gasteiger partial charge is 0.0181 e. The Morgan fingerprint density at radius 3 is 2.79 bits per heavy atom. The first-order valence-electron chi connectivity index (χ1n) is 6.03. The molecule has 0 amide bonds. The average Bonchev–Trinajstić information content (AvgIpc) is 2.40. The van der Waals surface area contributed by atoms with Gasteiger partial charge in [0.05, 0.1) is 0 Å². The summed E-state index contributed by atoms with van der Waals surface area (Å²) in [4.78, 5) is 2.55. The fraction of sp³-hybridized carbons (Fsp3) is 1.00. The van der Waals surface area contributed by atoms with Crippen molar-refractivity contribution in [1.29, 1.82) is 0 Å². The fourth-order valence-corrected chi connectivity index (χ4v) is 2.88. The van der Waals surface area contributed by atoms with Gasteiger partial charge >= 0.3 is 0 Å². The summed E-state index contributed by atoms with van der Waals surface area (Å²) in [6.07, 6.45) is 6.52. The Labute approximate surface area is 88.8 Å². The first-order valence-corrected chi connectivity index (χ1v) is 6.03. The molecule has 0 spiro atoms. The molecule has 2 heteroatoms. The zero-order valence-electron chi connectivity index (χ0n) is 10.1. The van der Waals surface area contributed by atoms with Gasteiger partial charge < -0.3 is 10.6 Å². The van der Waals surface area contributed by atoms with Crippen LogP contribution in [-0.2, 0) is 0 Å². The second-order valence-electron chi connectivity index (χ2n) is 5.13. The van der Waals surface area contributed by atoms with Gasteiger partial charge in [-0.3, -0.25) is 0 Å². The van der Waals surface area contributed by atoms with E-state index in [1.165, 1.54) is 38.6 Å². The van der Waals surface area contributed by atoms with Crippen LogP contribution >= 0.6 is 0 Å². The van der Waals surface area contributed by atoms with Crippen LogP contribution in [0.1, 0.15) is 46.0 Å². The highest BCUT2D eigenvalue weighted by Crippen LogP contribution is 2.36. The van der Waals surface area contributed by atoms with Crippen LogP contribution in [0.2, 0.25) is 0 Å². The van der Waals surface area contributed by atoms with Crippen molar-refractivity contribution in [2.75, 3.05) is 20.1 Å². The molecule has 0 radical (unpaired) electrons. The van der Waals surface area contributed by atoms with Gasteiger partial charge in [0.15, 0.2) is 0 Å². The van der Waals surface area contributed by atoms with Crippen molar-refractivity contribution in [3.8, 4) is 0 Å². The van der Waals surface area contributed by atoms with E-state index in [-0.39, 0.29) is 0 Å². The molecule has 1 fully saturated rings. The van der Waals surface area contributed by atoms with Gasteiger partial charge in [0.2, 0.25) is 0 Å². The lowest BCUT2D eigenvalue weighted by Gasteiger charge is -2.31. The Hall–Kier alpha value is -0.0800. The van der Waals surface area contributed by atoms with Crippen LogP contribution in [0.5, 0.6) is 0 Å². The van der Waals surface area contributed by atoms with E-state index in [1.807, 2.05) is 0 Å². The monoisotopic (exact) mass is 198 g/mol. The molecular weight excluding hydrogens is 172 g/mol. The number of hydrogen-bond acceptors (Lipinski definition) is 2. The molecule has 2 nitrogen and oxygen atoms in total. The molecule has 2 atom stereocenters. The van der Waals surface area contributed by atoms with Crippen LogP contribution in [0.15, 0.2) is 0 Å². The Kier molecular flexibility index (Phi) is 4.39. The molecule has 1 aliphatic heterocycles. The van der Waals surface area contributed by atoms with Gasteiger partial charge in [-0.15, -0.1) is 0 Å². The highest BCUT2D eigenvalue weighted by atomic mass is 15.2. The minimum atomic E-state index is 0.466. The van der Waals surface area contributed by atoms with E-state index in [2.05, 4.69) is 25.8 Å². The SMILES string of the molecule is CCCC1(C)CC(CCCN)CN1C. The maximum absolute atomic E-state index is 5.55. The predicted molar refractivity (Wildman–Crippen MR) is 62.3 cm³/mol. The summed E-state index contributed by atoms with van der Waals surface area (Å²) in [6.45, 7) is 6.83. The van der Waals surface area contributed by atoms with Gasteiger partial charge in [-0.25, -0.2) is 0 Å². The molecule has 1 aliphatic rings. The molecule has 14 heavy (non-hydrogen) atoms. The Morgan fingerprint density at radius 1 is 1.50 bits per heavy atom. The predicted octanol–water partition coefficient (Wildman–Crippen LogP) is 2.24. The quantitative estimate of drug-likeness (QED) is 0.734. The summed E-state index contributed by atoms with van der Waals surface area (Å²) in [5.74, 6) is 0.889. The second-order valence-corrected chi connectivity index (χ2v) is 5.13. The Morgan fingerprint density at radius 2 is 2.21 bits per heavy atom. The van der Waals surface area contributed by atoms with E-state index in [4.69, 9.17) is 5.73 Å². The fourth-order valence-electron chi connectivity index (χ4n) is 2.88. The van der Waals surface area contributed by atoms with Gasteiger partial charge in [-0.05, 0) is 52.1 Å². The van der Waals surface area contributed by atoms with Crippen molar-refractivity contribution in [2.45, 2.75) is 51.5 Å². The van der Waals surface area contributed by atoms with Crippen LogP contribution in [-0.4, -0.2) is 30.6 Å². The van der Waals surface area contributed by atoms with E-state index < -0.39 is 0 Å². The van der Waals surface area contributed by atoms with Crippen molar-refractivity contribution in [3.63, 3.8) is 0 Å². The summed E-state index contributed by atoms with van der Waals surface area (Å²) >= 11 is 0. The summed E-state index contributed by atoms with van der Waals surface area (Å²) in [7, 11) is 2.28. The molecule has 2 unspecified atom stereocenters. The van der Waals surface area contributed by atoms with E-state index in [0.717, 1.165) is 12.5 Å². The lowest BCUT2D eigenvalue weighted by molar-refractivity contribution is 0.181. The maximum Gasteiger partial charge on any atom is 0.0181 e. The zero-order valence-corrected chi connectivity index (χ0v) is 10.1. The average molecular weight is 198 g/mol. The van der Waals surface area contributed by atoms with Crippen molar-refractivity contribution >= 4 is 0 Å². The van der Waals surface area contributed by atoms with Gasteiger partial charge in [0, 0.05) is 12.1 Å². The van der Waals surface area contributed by atoms with Crippen molar-refractivity contribution in [3.05, 3.63) is 0 Å². The number of nitrogens with two attached hydrogens (primary N) is 1. The number of nitrogens with zero attached hydrogens (tertiary/aromatic N) is 1. The van der Waals surface area contributed by atoms with Gasteiger partial charge in [-0.1, -0.05) is 13.3 Å².